The molecule has 7 N–H and O–H groups in total. The summed E-state index contributed by atoms with van der Waals surface area (Å²) in [5, 5.41) is 95.3. The monoisotopic (exact) mass is 965 g/mol. The molecule has 18 atom stereocenters. The van der Waals surface area contributed by atoms with Crippen molar-refractivity contribution in [3.05, 3.63) is 51.8 Å². The third-order valence-electron chi connectivity index (χ3n) is 15.1. The third kappa shape index (κ3) is 12.6. The van der Waals surface area contributed by atoms with Crippen LogP contribution in [0.25, 0.3) is 0 Å². The predicted octanol–water partition coefficient (Wildman–Crippen LogP) is 2.51. The number of likely N-dealkylation sites (N-methyl/N-ethyl adjacent to an activating group) is 1. The lowest BCUT2D eigenvalue weighted by Gasteiger charge is -2.55. The summed E-state index contributed by atoms with van der Waals surface area (Å²) in [5.74, 6) is -6.70. The molecule has 0 amide bonds. The number of nitrogens with one attached hydrogen (secondary N) is 1. The van der Waals surface area contributed by atoms with Gasteiger partial charge in [-0.3, -0.25) is 19.6 Å². The zero-order valence-electron chi connectivity index (χ0n) is 42.0. The van der Waals surface area contributed by atoms with Gasteiger partial charge in [0.2, 0.25) is 0 Å². The number of hydrogen-bond donors (Lipinski definition) is 7. The van der Waals surface area contributed by atoms with E-state index in [1.54, 1.807) is 65.3 Å². The Labute approximate surface area is 400 Å². The SMILES string of the molecule is CC[C@H]1OC(=O)[C@H](C)C(C2(O)C[C@@](C)(OC)[C@@H](O)[C@H](C)O2)[C@H](C)C(O[C@@H]2O[C@H](C)C[C@H](N(C)CCc3cn(CCc4ccc([N+](=O)[O-])cc4)nn3)[C@H]2O)[C@](C)(O)C[C@@H](C)CN[C@H](C)[C@@H](O)[C@]1(C)O. The summed E-state index contributed by atoms with van der Waals surface area (Å²) in [6, 6.07) is 5.26. The molecular weight excluding hydrogens is 885 g/mol. The minimum absolute atomic E-state index is 0.0299. The number of nitrogens with zero attached hydrogens (tertiary/aromatic N) is 5. The van der Waals surface area contributed by atoms with Crippen LogP contribution in [0, 0.1) is 33.8 Å². The molecule has 0 bridgehead atoms. The number of esters is 1. The van der Waals surface area contributed by atoms with E-state index in [4.69, 9.17) is 23.7 Å². The fraction of sp³-hybridized carbons (Fsp3) is 0.812. The number of carbonyl (C=O) groups is 1. The standard InChI is InChI=1S/C48H80N6O14/c1-13-37-47(10,60)40(56)31(6)49-24-27(2)23-45(8,59)42(29(4)38(30(5)43(58)66-37)48(61)26-46(9,64-12)41(57)32(7)68-48)67-44-39(55)36(22-28(3)65-44)52(11)20-19-34-25-53(51-50-34)21-18-33-14-16-35(17-15-33)54(62)63/h14-17,25,27-32,36-42,44,49,55-57,59-61H,13,18-24,26H2,1-12H3/t27-,28-,29+,30-,31-,32+,36+,37-,38?,39-,40-,41+,42?,44+,45-,46-,47-,48?/m1/s1. The van der Waals surface area contributed by atoms with Crippen molar-refractivity contribution in [3.8, 4) is 0 Å². The number of aliphatic hydroxyl groups excluding tert-OH is 3. The summed E-state index contributed by atoms with van der Waals surface area (Å²) < 4.78 is 33.2. The molecule has 3 unspecified atom stereocenters. The highest BCUT2D eigenvalue weighted by Gasteiger charge is 2.61. The van der Waals surface area contributed by atoms with Crippen molar-refractivity contribution in [2.45, 2.75) is 198 Å². The Balaban J connectivity index is 1.44. The summed E-state index contributed by atoms with van der Waals surface area (Å²) in [7, 11) is 3.30. The zero-order valence-corrected chi connectivity index (χ0v) is 42.0. The quantitative estimate of drug-likeness (QED) is 0.0863. The van der Waals surface area contributed by atoms with E-state index in [9.17, 15) is 45.5 Å². The number of rotatable bonds is 13. The maximum absolute atomic E-state index is 14.5. The number of benzene rings is 1. The van der Waals surface area contributed by atoms with Crippen LogP contribution in [0.2, 0.25) is 0 Å². The highest BCUT2D eigenvalue weighted by Crippen LogP contribution is 2.49. The van der Waals surface area contributed by atoms with Gasteiger partial charge >= 0.3 is 5.97 Å². The van der Waals surface area contributed by atoms with Crippen LogP contribution in [0.1, 0.15) is 106 Å². The van der Waals surface area contributed by atoms with Crippen molar-refractivity contribution < 1.29 is 64.0 Å². The Kier molecular flexibility index (Phi) is 18.4. The average Bonchev–Trinajstić information content (AvgIpc) is 3.74. The lowest BCUT2D eigenvalue weighted by molar-refractivity contribution is -0.384. The van der Waals surface area contributed by atoms with E-state index in [2.05, 4.69) is 15.6 Å². The highest BCUT2D eigenvalue weighted by molar-refractivity contribution is 5.73. The number of aromatic nitrogens is 3. The molecule has 386 valence electrons. The van der Waals surface area contributed by atoms with Gasteiger partial charge in [-0.25, -0.2) is 0 Å². The molecule has 20 heteroatoms. The molecular formula is C48H80N6O14. The number of aryl methyl sites for hydroxylation is 2. The van der Waals surface area contributed by atoms with E-state index in [0.717, 1.165) is 11.3 Å². The fourth-order valence-electron chi connectivity index (χ4n) is 11.1. The summed E-state index contributed by atoms with van der Waals surface area (Å²) in [6.45, 7) is 18.1. The number of ether oxygens (including phenoxy) is 5. The average molecular weight is 965 g/mol. The molecule has 3 saturated heterocycles. The zero-order chi connectivity index (χ0) is 50.7. The number of nitro benzene ring substituents is 1. The molecule has 3 aliphatic heterocycles. The maximum atomic E-state index is 14.5. The Morgan fingerprint density at radius 1 is 1.01 bits per heavy atom. The van der Waals surface area contributed by atoms with E-state index in [0.29, 0.717) is 38.9 Å². The molecule has 4 heterocycles. The first-order valence-corrected chi connectivity index (χ1v) is 24.2. The Bertz CT molecular complexity index is 1960. The van der Waals surface area contributed by atoms with Crippen LogP contribution >= 0.6 is 0 Å². The van der Waals surface area contributed by atoms with Crippen molar-refractivity contribution in [1.29, 1.82) is 0 Å². The number of carbonyl (C=O) groups excluding carboxylic acids is 1. The van der Waals surface area contributed by atoms with Gasteiger partial charge in [-0.2, -0.15) is 0 Å². The first-order valence-electron chi connectivity index (χ1n) is 24.2. The number of cyclic esters (lactones) is 1. The summed E-state index contributed by atoms with van der Waals surface area (Å²) in [6.07, 6.45) is -5.49. The number of nitro groups is 1. The second kappa shape index (κ2) is 22.4. The van der Waals surface area contributed by atoms with Gasteiger partial charge in [0, 0.05) is 69.4 Å². The largest absolute Gasteiger partial charge is 0.459 e. The van der Waals surface area contributed by atoms with Crippen LogP contribution in [0.3, 0.4) is 0 Å². The van der Waals surface area contributed by atoms with Gasteiger partial charge in [-0.15, -0.1) is 5.10 Å². The molecule has 0 spiro atoms. The molecule has 3 aliphatic rings. The van der Waals surface area contributed by atoms with E-state index in [-0.39, 0.29) is 30.9 Å². The van der Waals surface area contributed by atoms with Crippen LogP contribution in [-0.4, -0.2) is 172 Å². The minimum Gasteiger partial charge on any atom is -0.459 e. The Hall–Kier alpha value is -3.25. The molecule has 3 fully saturated rings. The summed E-state index contributed by atoms with van der Waals surface area (Å²) in [5.41, 5.74) is -3.27. The van der Waals surface area contributed by atoms with Gasteiger partial charge in [0.05, 0.1) is 46.0 Å². The van der Waals surface area contributed by atoms with E-state index in [1.807, 2.05) is 32.0 Å². The summed E-state index contributed by atoms with van der Waals surface area (Å²) in [4.78, 5) is 27.2. The van der Waals surface area contributed by atoms with Gasteiger partial charge in [-0.05, 0) is 98.2 Å². The summed E-state index contributed by atoms with van der Waals surface area (Å²) >= 11 is 0. The van der Waals surface area contributed by atoms with Crippen LogP contribution in [0.4, 0.5) is 5.69 Å². The first-order chi connectivity index (χ1) is 31.7. The van der Waals surface area contributed by atoms with E-state index in [1.165, 1.54) is 26.2 Å². The predicted molar refractivity (Wildman–Crippen MR) is 249 cm³/mol. The van der Waals surface area contributed by atoms with Crippen LogP contribution in [0.5, 0.6) is 0 Å². The fourth-order valence-corrected chi connectivity index (χ4v) is 11.1. The normalized spacial score (nSPS) is 41.4. The lowest BCUT2D eigenvalue weighted by atomic mass is 9.66. The molecule has 2 aromatic rings. The molecule has 20 nitrogen and oxygen atoms in total. The topological polar surface area (TPSA) is 274 Å². The smallest absolute Gasteiger partial charge is 0.309 e. The first kappa shape index (κ1) is 55.7. The van der Waals surface area contributed by atoms with Gasteiger partial charge in [0.1, 0.15) is 30.0 Å². The second-order valence-electron chi connectivity index (χ2n) is 20.9. The Morgan fingerprint density at radius 2 is 1.68 bits per heavy atom. The van der Waals surface area contributed by atoms with E-state index >= 15 is 0 Å². The van der Waals surface area contributed by atoms with Crippen molar-refractivity contribution >= 4 is 11.7 Å². The van der Waals surface area contributed by atoms with Gasteiger partial charge in [0.15, 0.2) is 12.1 Å². The maximum Gasteiger partial charge on any atom is 0.309 e. The van der Waals surface area contributed by atoms with Crippen molar-refractivity contribution in [2.75, 3.05) is 27.2 Å². The van der Waals surface area contributed by atoms with Crippen LogP contribution < -0.4 is 5.32 Å². The number of aliphatic hydroxyl groups is 6. The second-order valence-corrected chi connectivity index (χ2v) is 20.9. The van der Waals surface area contributed by atoms with Crippen molar-refractivity contribution in [2.24, 2.45) is 23.7 Å². The lowest BCUT2D eigenvalue weighted by Crippen LogP contribution is -2.66. The minimum atomic E-state index is -2.20. The molecule has 0 radical (unpaired) electrons. The van der Waals surface area contributed by atoms with Gasteiger partial charge in [0.25, 0.3) is 5.69 Å². The molecule has 0 aliphatic carbocycles. The molecule has 68 heavy (non-hydrogen) atoms. The number of hydrogen-bond acceptors (Lipinski definition) is 18. The highest BCUT2D eigenvalue weighted by atomic mass is 16.7. The van der Waals surface area contributed by atoms with Gasteiger partial charge in [-0.1, -0.05) is 45.0 Å². The third-order valence-corrected chi connectivity index (χ3v) is 15.1. The van der Waals surface area contributed by atoms with E-state index < -0.39 is 112 Å². The van der Waals surface area contributed by atoms with Crippen molar-refractivity contribution in [1.82, 2.24) is 25.2 Å². The number of methoxy groups -OCH3 is 1. The molecule has 5 rings (SSSR count). The molecule has 1 aromatic carbocycles. The van der Waals surface area contributed by atoms with Crippen LogP contribution in [0.15, 0.2) is 30.5 Å². The van der Waals surface area contributed by atoms with Crippen LogP contribution in [-0.2, 0) is 47.9 Å². The Morgan fingerprint density at radius 3 is 2.29 bits per heavy atom. The van der Waals surface area contributed by atoms with Crippen molar-refractivity contribution in [3.63, 3.8) is 0 Å². The van der Waals surface area contributed by atoms with Gasteiger partial charge < -0.3 is 64.5 Å². The molecule has 0 saturated carbocycles. The number of non-ortho nitro benzene ring substituents is 1. The molecule has 1 aromatic heterocycles.